The Morgan fingerprint density at radius 2 is 1.60 bits per heavy atom. The Bertz CT molecular complexity index is 3900. The summed E-state index contributed by atoms with van der Waals surface area (Å²) in [4.78, 5) is 123. The number of para-hydroxylation sites is 1. The maximum absolute atomic E-state index is 14.6. The van der Waals surface area contributed by atoms with Crippen molar-refractivity contribution >= 4 is 64.6 Å². The number of allylic oxidation sites excluding steroid dienone is 4. The van der Waals surface area contributed by atoms with Crippen LogP contribution in [0.1, 0.15) is 177 Å². The first-order chi connectivity index (χ1) is 49.4. The van der Waals surface area contributed by atoms with Gasteiger partial charge in [-0.1, -0.05) is 112 Å². The third-order valence-corrected chi connectivity index (χ3v) is 22.0. The highest BCUT2D eigenvalue weighted by molar-refractivity contribution is 6.02. The van der Waals surface area contributed by atoms with Crippen molar-refractivity contribution in [3.05, 3.63) is 108 Å². The lowest BCUT2D eigenvalue weighted by Crippen LogP contribution is -2.63. The van der Waals surface area contributed by atoms with Crippen molar-refractivity contribution in [3.8, 4) is 22.5 Å². The van der Waals surface area contributed by atoms with Crippen LogP contribution in [0.5, 0.6) is 0 Å². The molecule has 2 unspecified atom stereocenters. The largest absolute Gasteiger partial charge is 0.445 e. The number of carbonyl (C=O) groups excluding carboxylic acids is 9. The number of aliphatic hydroxyl groups is 1. The number of ketones is 2. The number of nitrogens with one attached hydrogen (secondary N) is 6. The van der Waals surface area contributed by atoms with Gasteiger partial charge in [0, 0.05) is 77.6 Å². The fraction of sp³-hybridized carbons (Fsp3) is 0.577. The van der Waals surface area contributed by atoms with Crippen molar-refractivity contribution in [1.29, 1.82) is 0 Å². The molecule has 26 heteroatoms. The number of aliphatic hydroxyl groups excluding tert-OH is 1. The predicted molar refractivity (Wildman–Crippen MR) is 388 cm³/mol. The molecule has 0 bridgehead atoms. The molecule has 4 aromatic rings. The summed E-state index contributed by atoms with van der Waals surface area (Å²) in [5, 5.41) is 37.8. The zero-order valence-electron chi connectivity index (χ0n) is 61.9. The van der Waals surface area contributed by atoms with Crippen LogP contribution < -0.4 is 42.5 Å². The lowest BCUT2D eigenvalue weighted by atomic mass is 9.46. The number of urea groups is 1. The molecule has 2 aliphatic heterocycles. The van der Waals surface area contributed by atoms with Crippen LogP contribution in [0.25, 0.3) is 22.5 Å². The van der Waals surface area contributed by atoms with E-state index in [0.717, 1.165) is 47.2 Å². The highest BCUT2D eigenvalue weighted by atomic mass is 16.7. The molecule has 0 radical (unpaired) electrons. The highest BCUT2D eigenvalue weighted by Gasteiger charge is 2.76. The van der Waals surface area contributed by atoms with E-state index in [-0.39, 0.29) is 112 Å². The van der Waals surface area contributed by atoms with Crippen molar-refractivity contribution < 1.29 is 71.9 Å². The number of rotatable bonds is 31. The summed E-state index contributed by atoms with van der Waals surface area (Å²) >= 11 is 0. The Balaban J connectivity index is 0.653. The number of amides is 8. The monoisotopic (exact) mass is 1440 g/mol. The Kier molecular flexibility index (Phi) is 24.5. The van der Waals surface area contributed by atoms with Crippen LogP contribution in [-0.2, 0) is 70.4 Å². The zero-order chi connectivity index (χ0) is 75.1. The first-order valence-corrected chi connectivity index (χ1v) is 36.8. The molecule has 104 heavy (non-hydrogen) atoms. The van der Waals surface area contributed by atoms with Crippen molar-refractivity contribution in [1.82, 2.24) is 41.6 Å². The maximum atomic E-state index is 14.6. The maximum Gasteiger partial charge on any atom is 0.409 e. The van der Waals surface area contributed by atoms with E-state index in [1.54, 1.807) is 55.2 Å². The Morgan fingerprint density at radius 3 is 2.32 bits per heavy atom. The first kappa shape index (κ1) is 77.9. The summed E-state index contributed by atoms with van der Waals surface area (Å²) in [7, 11) is 0. The summed E-state index contributed by atoms with van der Waals surface area (Å²) in [6, 6.07) is 19.2. The molecule has 3 aromatic carbocycles. The number of carbonyl (C=O) groups is 9. The number of Topliss-reactive ketones (excluding diaryl/α,β-unsaturated/α-hetero) is 1. The number of nitrogens with zero attached hydrogens (tertiary/aromatic N) is 4. The molecule has 0 spiro atoms. The van der Waals surface area contributed by atoms with E-state index in [1.165, 1.54) is 0 Å². The summed E-state index contributed by atoms with van der Waals surface area (Å²) in [5.41, 5.74) is 8.01. The van der Waals surface area contributed by atoms with Gasteiger partial charge in [-0.2, -0.15) is 0 Å². The quantitative estimate of drug-likeness (QED) is 0.0172. The minimum absolute atomic E-state index is 0.00175. The molecule has 1 saturated heterocycles. The summed E-state index contributed by atoms with van der Waals surface area (Å²) in [6.45, 7) is 21.0. The number of anilines is 2. The predicted octanol–water partition coefficient (Wildman–Crippen LogP) is 9.33. The molecule has 9 N–H and O–H groups in total. The second-order valence-corrected chi connectivity index (χ2v) is 31.1. The van der Waals surface area contributed by atoms with E-state index < -0.39 is 101 Å². The summed E-state index contributed by atoms with van der Waals surface area (Å²) < 4.78 is 32.7. The van der Waals surface area contributed by atoms with Crippen LogP contribution >= 0.6 is 0 Å². The third-order valence-electron chi connectivity index (χ3n) is 22.0. The van der Waals surface area contributed by atoms with Gasteiger partial charge in [-0.25, -0.2) is 14.3 Å². The van der Waals surface area contributed by atoms with Gasteiger partial charge in [0.05, 0.1) is 35.7 Å². The van der Waals surface area contributed by atoms with E-state index in [1.807, 2.05) is 101 Å². The summed E-state index contributed by atoms with van der Waals surface area (Å²) in [5.74, 6) is -2.95. The highest BCUT2D eigenvalue weighted by Crippen LogP contribution is 2.70. The van der Waals surface area contributed by atoms with Gasteiger partial charge in [-0.3, -0.25) is 38.9 Å². The molecule has 4 aliphatic carbocycles. The number of hydrogen-bond donors (Lipinski definition) is 8. The molecule has 6 aliphatic rings. The van der Waals surface area contributed by atoms with Gasteiger partial charge < -0.3 is 66.0 Å². The van der Waals surface area contributed by atoms with Crippen molar-refractivity contribution in [2.24, 2.45) is 40.2 Å². The van der Waals surface area contributed by atoms with E-state index in [0.29, 0.717) is 54.9 Å². The molecular formula is C78H105N11O15. The van der Waals surface area contributed by atoms with Crippen LogP contribution in [0.3, 0.4) is 0 Å². The number of nitrogens with two attached hydrogens (primary N) is 1. The van der Waals surface area contributed by atoms with Gasteiger partial charge in [-0.15, -0.1) is 5.10 Å². The topological polar surface area (TPSA) is 352 Å². The second-order valence-electron chi connectivity index (χ2n) is 31.1. The van der Waals surface area contributed by atoms with Gasteiger partial charge in [0.2, 0.25) is 29.5 Å². The molecule has 11 atom stereocenters. The molecule has 26 nitrogen and oxygen atoms in total. The van der Waals surface area contributed by atoms with Gasteiger partial charge in [0.25, 0.3) is 0 Å². The molecule has 4 fully saturated rings. The van der Waals surface area contributed by atoms with Gasteiger partial charge in [0.15, 0.2) is 23.5 Å². The van der Waals surface area contributed by atoms with Crippen molar-refractivity contribution in [2.75, 3.05) is 36.7 Å². The number of fused-ring (bicyclic) bond motifs is 12. The zero-order valence-corrected chi connectivity index (χ0v) is 61.9. The number of primary amides is 1. The molecule has 8 amide bonds. The Labute approximate surface area is 608 Å². The molecule has 3 saturated carbocycles. The summed E-state index contributed by atoms with van der Waals surface area (Å²) in [6.07, 6.45) is 7.24. The molecule has 3 heterocycles. The SMILES string of the molecule is CCCC1O[C@@H]2CC3[C@@H]4CCC5=CC(=O)C=C[C@]5(C)[C@H]4[C@@H](O)C[C@]3(C)[C@]2(C(=O)COCNC(=O)OCc2ccc(NC(=O)[C@H](CCCNC(N)=O)NC(=O)[C@@H](NC(=O)CCC(C)(C)OCCC(C)(C)NC(=O)CCC(=O)N3Cc4ccccc4-c4c(nnn4C(C)C)-c4ccccc43)C(C)C)cc2)O1. The van der Waals surface area contributed by atoms with Crippen LogP contribution in [0, 0.1) is 34.5 Å². The Morgan fingerprint density at radius 1 is 0.865 bits per heavy atom. The third kappa shape index (κ3) is 17.3. The molecule has 10 rings (SSSR count). The molecular weight excluding hydrogens is 1330 g/mol. The van der Waals surface area contributed by atoms with E-state index in [9.17, 15) is 48.3 Å². The van der Waals surface area contributed by atoms with Crippen LogP contribution in [0.4, 0.5) is 21.0 Å². The molecule has 562 valence electrons. The lowest BCUT2D eigenvalue weighted by Gasteiger charge is -2.59. The number of alkyl carbamates (subject to hydrolysis) is 1. The standard InChI is InChI=1S/C78H105N11O15/c1-12-18-65-103-61-40-56-54-29-26-50-39-52(90)32-35-76(50,10)66(54)59(91)41-77(56,11)78(61,104-65)60(92)44-100-45-81-73(99)101-43-48-24-27-51(28-25-48)82-70(96)57(22-17-37-80-72(79)98)83-71(97)67(46(2)3)84-62(93)33-34-75(8,9)102-38-36-74(6,7)85-63(94)30-31-64(95)88-42-49-19-13-14-20-53(49)69-68(86-87-89(69)47(4)5)55-21-15-16-23-58(55)88/h13-16,19-21,23-25,27-28,32,35,39,46-47,54,56-57,59,61,65-67,91H,12,17-18,22,26,29-31,33-34,36-38,40-45H2,1-11H3,(H,81,99)(H,82,96)(H,83,97)(H,84,93)(H,85,94)(H3,79,80,98)/t54-,56?,57-,59-,61+,65?,66+,67-,76-,77-,78+/m0/s1. The van der Waals surface area contributed by atoms with Gasteiger partial charge in [0.1, 0.15) is 37.7 Å². The van der Waals surface area contributed by atoms with Crippen LogP contribution in [0.2, 0.25) is 0 Å². The van der Waals surface area contributed by atoms with Crippen molar-refractivity contribution in [3.63, 3.8) is 0 Å². The van der Waals surface area contributed by atoms with Crippen LogP contribution in [0.15, 0.2) is 96.6 Å². The van der Waals surface area contributed by atoms with E-state index in [2.05, 4.69) is 63.0 Å². The van der Waals surface area contributed by atoms with E-state index in [4.69, 9.17) is 29.4 Å². The smallest absolute Gasteiger partial charge is 0.409 e. The minimum atomic E-state index is -1.39. The number of hydrogen-bond acceptors (Lipinski definition) is 17. The Hall–Kier alpha value is -8.69. The number of benzene rings is 3. The fourth-order valence-corrected chi connectivity index (χ4v) is 16.6. The number of ether oxygens (including phenoxy) is 5. The first-order valence-electron chi connectivity index (χ1n) is 36.8. The fourth-order valence-electron chi connectivity index (χ4n) is 16.6. The molecule has 1 aromatic heterocycles. The second kappa shape index (κ2) is 32.8. The average Bonchev–Trinajstić information content (AvgIpc) is 1.50. The van der Waals surface area contributed by atoms with E-state index >= 15 is 0 Å². The van der Waals surface area contributed by atoms with Crippen LogP contribution in [-0.4, -0.2) is 147 Å². The minimum Gasteiger partial charge on any atom is -0.445 e. The van der Waals surface area contributed by atoms with Gasteiger partial charge >= 0.3 is 12.1 Å². The van der Waals surface area contributed by atoms with Gasteiger partial charge in [-0.05, 0) is 159 Å². The van der Waals surface area contributed by atoms with Crippen molar-refractivity contribution in [2.45, 2.75) is 226 Å². The lowest BCUT2D eigenvalue weighted by molar-refractivity contribution is -0.201. The average molecular weight is 1440 g/mol. The normalized spacial score (nSPS) is 24.3. The number of aromatic nitrogens is 3.